The summed E-state index contributed by atoms with van der Waals surface area (Å²) in [7, 11) is 1.66. The first kappa shape index (κ1) is 8.50. The minimum Gasteiger partial charge on any atom is -0.318 e. The lowest BCUT2D eigenvalue weighted by Crippen LogP contribution is -2.41. The fraction of sp³-hybridized carbons (Fsp3) is 0.750. The summed E-state index contributed by atoms with van der Waals surface area (Å²) in [6, 6.07) is -0.0800. The topological polar surface area (TPSA) is 52.7 Å². The SMILES string of the molecule is CN1CC(=O)N(C2CCNC2)C1=O. The smallest absolute Gasteiger partial charge is 0.318 e. The van der Waals surface area contributed by atoms with Gasteiger partial charge in [0, 0.05) is 13.6 Å². The molecule has 2 rings (SSSR count). The number of nitrogens with one attached hydrogen (secondary N) is 1. The van der Waals surface area contributed by atoms with Gasteiger partial charge in [0.15, 0.2) is 0 Å². The van der Waals surface area contributed by atoms with Gasteiger partial charge in [-0.2, -0.15) is 0 Å². The number of hydrogen-bond donors (Lipinski definition) is 1. The van der Waals surface area contributed by atoms with E-state index in [9.17, 15) is 9.59 Å². The zero-order valence-corrected chi connectivity index (χ0v) is 7.62. The lowest BCUT2D eigenvalue weighted by Gasteiger charge is -2.20. The number of carbonyl (C=O) groups is 2. The molecule has 2 aliphatic heterocycles. The number of nitrogens with zero attached hydrogens (tertiary/aromatic N) is 2. The molecule has 5 heteroatoms. The van der Waals surface area contributed by atoms with E-state index >= 15 is 0 Å². The van der Waals surface area contributed by atoms with Crippen LogP contribution in [0, 0.1) is 0 Å². The molecule has 72 valence electrons. The van der Waals surface area contributed by atoms with Gasteiger partial charge < -0.3 is 10.2 Å². The van der Waals surface area contributed by atoms with Crippen LogP contribution in [0.1, 0.15) is 6.42 Å². The Morgan fingerprint density at radius 1 is 1.46 bits per heavy atom. The van der Waals surface area contributed by atoms with Crippen molar-refractivity contribution in [1.82, 2.24) is 15.1 Å². The van der Waals surface area contributed by atoms with E-state index < -0.39 is 0 Å². The van der Waals surface area contributed by atoms with E-state index in [1.807, 2.05) is 0 Å². The van der Waals surface area contributed by atoms with Gasteiger partial charge >= 0.3 is 6.03 Å². The Balaban J connectivity index is 2.13. The molecule has 1 N–H and O–H groups in total. The van der Waals surface area contributed by atoms with Crippen molar-refractivity contribution in [2.75, 3.05) is 26.7 Å². The van der Waals surface area contributed by atoms with E-state index in [1.54, 1.807) is 7.05 Å². The molecule has 0 aliphatic carbocycles. The van der Waals surface area contributed by atoms with Crippen molar-refractivity contribution >= 4 is 11.9 Å². The molecule has 1 atom stereocenters. The molecule has 0 aromatic heterocycles. The maximum absolute atomic E-state index is 11.5. The number of amides is 3. The first-order valence-corrected chi connectivity index (χ1v) is 4.48. The number of hydrogen-bond acceptors (Lipinski definition) is 3. The lowest BCUT2D eigenvalue weighted by molar-refractivity contribution is -0.126. The van der Waals surface area contributed by atoms with Crippen LogP contribution in [-0.2, 0) is 4.79 Å². The Labute approximate surface area is 76.7 Å². The molecule has 0 saturated carbocycles. The highest BCUT2D eigenvalue weighted by Gasteiger charge is 2.39. The Bertz CT molecular complexity index is 248. The molecule has 0 aromatic rings. The number of rotatable bonds is 1. The molecule has 0 bridgehead atoms. The summed E-state index contributed by atoms with van der Waals surface area (Å²) in [5.41, 5.74) is 0. The van der Waals surface area contributed by atoms with Crippen molar-refractivity contribution in [3.63, 3.8) is 0 Å². The van der Waals surface area contributed by atoms with Gasteiger partial charge in [-0.25, -0.2) is 4.79 Å². The molecule has 3 amide bonds. The van der Waals surface area contributed by atoms with E-state index in [0.29, 0.717) is 0 Å². The van der Waals surface area contributed by atoms with Crippen LogP contribution in [0.25, 0.3) is 0 Å². The summed E-state index contributed by atoms with van der Waals surface area (Å²) in [6.07, 6.45) is 0.880. The van der Waals surface area contributed by atoms with Crippen LogP contribution in [-0.4, -0.2) is 54.5 Å². The highest BCUT2D eigenvalue weighted by Crippen LogP contribution is 2.16. The fourth-order valence-electron chi connectivity index (χ4n) is 1.86. The lowest BCUT2D eigenvalue weighted by atomic mass is 10.2. The van der Waals surface area contributed by atoms with Gasteiger partial charge in [-0.3, -0.25) is 9.69 Å². The maximum atomic E-state index is 11.5. The van der Waals surface area contributed by atoms with Gasteiger partial charge in [-0.05, 0) is 13.0 Å². The minimum absolute atomic E-state index is 0.0683. The molecule has 2 heterocycles. The number of imide groups is 1. The van der Waals surface area contributed by atoms with Gasteiger partial charge in [0.2, 0.25) is 0 Å². The molecule has 2 saturated heterocycles. The quantitative estimate of drug-likeness (QED) is 0.544. The van der Waals surface area contributed by atoms with Crippen LogP contribution in [0.3, 0.4) is 0 Å². The van der Waals surface area contributed by atoms with Crippen molar-refractivity contribution in [2.24, 2.45) is 0 Å². The summed E-state index contributed by atoms with van der Waals surface area (Å²) < 4.78 is 0. The molecule has 0 radical (unpaired) electrons. The second-order valence-corrected chi connectivity index (χ2v) is 3.55. The predicted octanol–water partition coefficient (Wildman–Crippen LogP) is -0.758. The zero-order valence-electron chi connectivity index (χ0n) is 7.62. The van der Waals surface area contributed by atoms with Crippen LogP contribution >= 0.6 is 0 Å². The van der Waals surface area contributed by atoms with Crippen LogP contribution < -0.4 is 5.32 Å². The van der Waals surface area contributed by atoms with E-state index in [2.05, 4.69) is 5.32 Å². The second kappa shape index (κ2) is 2.99. The fourth-order valence-corrected chi connectivity index (χ4v) is 1.86. The molecule has 0 spiro atoms. The monoisotopic (exact) mass is 183 g/mol. The first-order valence-electron chi connectivity index (χ1n) is 4.48. The van der Waals surface area contributed by atoms with Gasteiger partial charge in [-0.1, -0.05) is 0 Å². The summed E-state index contributed by atoms with van der Waals surface area (Å²) in [5, 5.41) is 3.14. The molecule has 13 heavy (non-hydrogen) atoms. The van der Waals surface area contributed by atoms with Crippen molar-refractivity contribution in [2.45, 2.75) is 12.5 Å². The zero-order chi connectivity index (χ0) is 9.42. The Morgan fingerprint density at radius 3 is 2.69 bits per heavy atom. The third kappa shape index (κ3) is 1.29. The summed E-state index contributed by atoms with van der Waals surface area (Å²) in [5.74, 6) is -0.0683. The summed E-state index contributed by atoms with van der Waals surface area (Å²) in [4.78, 5) is 25.8. The number of carbonyl (C=O) groups excluding carboxylic acids is 2. The predicted molar refractivity (Wildman–Crippen MR) is 46.1 cm³/mol. The van der Waals surface area contributed by atoms with Crippen LogP contribution in [0.5, 0.6) is 0 Å². The third-order valence-electron chi connectivity index (χ3n) is 2.57. The average Bonchev–Trinajstić information content (AvgIpc) is 2.63. The molecule has 5 nitrogen and oxygen atoms in total. The van der Waals surface area contributed by atoms with Gasteiger partial charge in [-0.15, -0.1) is 0 Å². The third-order valence-corrected chi connectivity index (χ3v) is 2.57. The average molecular weight is 183 g/mol. The number of likely N-dealkylation sites (N-methyl/N-ethyl adjacent to an activating group) is 1. The van der Waals surface area contributed by atoms with Gasteiger partial charge in [0.1, 0.15) is 6.54 Å². The molecular formula is C8H13N3O2. The van der Waals surface area contributed by atoms with E-state index in [4.69, 9.17) is 0 Å². The summed E-state index contributed by atoms with van der Waals surface area (Å²) >= 11 is 0. The molecule has 0 aromatic carbocycles. The Morgan fingerprint density at radius 2 is 2.23 bits per heavy atom. The molecule has 1 unspecified atom stereocenters. The van der Waals surface area contributed by atoms with Crippen LogP contribution in [0.2, 0.25) is 0 Å². The normalized spacial score (nSPS) is 29.2. The maximum Gasteiger partial charge on any atom is 0.327 e. The highest BCUT2D eigenvalue weighted by atomic mass is 16.2. The highest BCUT2D eigenvalue weighted by molar-refractivity contribution is 6.02. The van der Waals surface area contributed by atoms with Crippen molar-refractivity contribution in [3.8, 4) is 0 Å². The van der Waals surface area contributed by atoms with E-state index in [0.717, 1.165) is 19.5 Å². The minimum atomic E-state index is -0.154. The second-order valence-electron chi connectivity index (χ2n) is 3.55. The van der Waals surface area contributed by atoms with Crippen LogP contribution in [0.15, 0.2) is 0 Å². The molecular weight excluding hydrogens is 170 g/mol. The first-order chi connectivity index (χ1) is 6.20. The Hall–Kier alpha value is -1.10. The van der Waals surface area contributed by atoms with Crippen molar-refractivity contribution < 1.29 is 9.59 Å². The van der Waals surface area contributed by atoms with Crippen molar-refractivity contribution in [1.29, 1.82) is 0 Å². The molecule has 2 aliphatic rings. The van der Waals surface area contributed by atoms with Crippen molar-refractivity contribution in [3.05, 3.63) is 0 Å². The standard InChI is InChI=1S/C8H13N3O2/c1-10-5-7(12)11(8(10)13)6-2-3-9-4-6/h6,9H,2-5H2,1H3. The van der Waals surface area contributed by atoms with E-state index in [-0.39, 0.29) is 24.5 Å². The van der Waals surface area contributed by atoms with Crippen LogP contribution in [0.4, 0.5) is 4.79 Å². The summed E-state index contributed by atoms with van der Waals surface area (Å²) in [6.45, 7) is 1.87. The van der Waals surface area contributed by atoms with Gasteiger partial charge in [0.25, 0.3) is 5.91 Å². The van der Waals surface area contributed by atoms with E-state index in [1.165, 1.54) is 9.80 Å². The largest absolute Gasteiger partial charge is 0.327 e. The number of urea groups is 1. The Kier molecular flexibility index (Phi) is 1.95. The molecule has 2 fully saturated rings. The van der Waals surface area contributed by atoms with Gasteiger partial charge in [0.05, 0.1) is 6.04 Å².